The largest absolute Gasteiger partial charge is 0.197 e. The quantitative estimate of drug-likeness (QED) is 0.731. The van der Waals surface area contributed by atoms with Gasteiger partial charge in [0.15, 0.2) is 0 Å². The predicted octanol–water partition coefficient (Wildman–Crippen LogP) is 3.88. The van der Waals surface area contributed by atoms with E-state index in [1.54, 1.807) is 0 Å². The van der Waals surface area contributed by atoms with Crippen LogP contribution in [0.5, 0.6) is 0 Å². The van der Waals surface area contributed by atoms with E-state index in [1.165, 1.54) is 23.1 Å². The number of hydrogen-bond donors (Lipinski definition) is 0. The van der Waals surface area contributed by atoms with Gasteiger partial charge in [-0.15, -0.1) is 0 Å². The first-order valence-electron chi connectivity index (χ1n) is 6.09. The molecule has 2 rings (SSSR count). The van der Waals surface area contributed by atoms with Crippen LogP contribution >= 0.6 is 0 Å². The van der Waals surface area contributed by atoms with Crippen LogP contribution in [0.25, 0.3) is 0 Å². The average molecular weight is 213 g/mol. The number of benzene rings is 1. The fourth-order valence-corrected chi connectivity index (χ4v) is 2.86. The molecule has 1 aliphatic rings. The molecular formula is C15H19N. The summed E-state index contributed by atoms with van der Waals surface area (Å²) < 4.78 is 0. The summed E-state index contributed by atoms with van der Waals surface area (Å²) in [4.78, 5) is 0. The van der Waals surface area contributed by atoms with Crippen molar-refractivity contribution in [2.75, 3.05) is 0 Å². The minimum atomic E-state index is -0.183. The zero-order valence-electron chi connectivity index (χ0n) is 10.4. The van der Waals surface area contributed by atoms with Crippen molar-refractivity contribution in [1.82, 2.24) is 0 Å². The Labute approximate surface area is 98.1 Å². The lowest BCUT2D eigenvalue weighted by atomic mass is 9.58. The van der Waals surface area contributed by atoms with Gasteiger partial charge in [-0.2, -0.15) is 5.26 Å². The molecule has 1 aromatic rings. The van der Waals surface area contributed by atoms with Crippen LogP contribution in [0.2, 0.25) is 0 Å². The summed E-state index contributed by atoms with van der Waals surface area (Å²) in [5.41, 5.74) is 3.59. The Morgan fingerprint density at radius 2 is 1.81 bits per heavy atom. The van der Waals surface area contributed by atoms with Crippen LogP contribution in [0.1, 0.15) is 42.9 Å². The van der Waals surface area contributed by atoms with Crippen molar-refractivity contribution in [3.63, 3.8) is 0 Å². The van der Waals surface area contributed by atoms with Gasteiger partial charge in [-0.25, -0.2) is 0 Å². The van der Waals surface area contributed by atoms with Gasteiger partial charge in [0, 0.05) is 0 Å². The van der Waals surface area contributed by atoms with Gasteiger partial charge in [-0.05, 0) is 38.2 Å². The highest BCUT2D eigenvalue weighted by molar-refractivity contribution is 5.40. The summed E-state index contributed by atoms with van der Waals surface area (Å²) in [5.74, 6) is 0.750. The van der Waals surface area contributed by atoms with Gasteiger partial charge in [0.1, 0.15) is 0 Å². The zero-order valence-corrected chi connectivity index (χ0v) is 10.4. The maximum Gasteiger partial charge on any atom is 0.0827 e. The van der Waals surface area contributed by atoms with Gasteiger partial charge in [0.05, 0.1) is 11.5 Å². The lowest BCUT2D eigenvalue weighted by molar-refractivity contribution is 0.192. The number of rotatable bonds is 2. The summed E-state index contributed by atoms with van der Waals surface area (Å²) in [6.45, 7) is 6.43. The Bertz CT molecular complexity index is 413. The minimum absolute atomic E-state index is 0.183. The molecule has 16 heavy (non-hydrogen) atoms. The topological polar surface area (TPSA) is 23.8 Å². The van der Waals surface area contributed by atoms with Crippen molar-refractivity contribution < 1.29 is 0 Å². The third kappa shape index (κ3) is 1.73. The molecule has 0 atom stereocenters. The van der Waals surface area contributed by atoms with Crippen LogP contribution in [0.3, 0.4) is 0 Å². The van der Waals surface area contributed by atoms with E-state index >= 15 is 0 Å². The van der Waals surface area contributed by atoms with Crippen LogP contribution in [0.15, 0.2) is 18.2 Å². The Balaban J connectivity index is 2.33. The third-order valence-electron chi connectivity index (χ3n) is 3.84. The van der Waals surface area contributed by atoms with E-state index in [0.717, 1.165) is 18.8 Å². The standard InChI is InChI=1S/C15H19N/c1-4-13-8-15(9-13,10-16)14-6-11(2)5-12(3)7-14/h5-7,13H,4,8-9H2,1-3H3. The van der Waals surface area contributed by atoms with Crippen LogP contribution in [-0.4, -0.2) is 0 Å². The second-order valence-electron chi connectivity index (χ2n) is 5.25. The summed E-state index contributed by atoms with van der Waals surface area (Å²) in [6.07, 6.45) is 3.29. The Morgan fingerprint density at radius 1 is 1.25 bits per heavy atom. The Hall–Kier alpha value is -1.29. The number of hydrogen-bond acceptors (Lipinski definition) is 1. The lowest BCUT2D eigenvalue weighted by Gasteiger charge is -2.43. The van der Waals surface area contributed by atoms with Crippen molar-refractivity contribution in [3.05, 3.63) is 34.9 Å². The fraction of sp³-hybridized carbons (Fsp3) is 0.533. The second kappa shape index (κ2) is 3.94. The van der Waals surface area contributed by atoms with Gasteiger partial charge in [0.2, 0.25) is 0 Å². The van der Waals surface area contributed by atoms with Crippen LogP contribution < -0.4 is 0 Å². The first-order valence-corrected chi connectivity index (χ1v) is 6.09. The van der Waals surface area contributed by atoms with E-state index in [1.807, 2.05) is 0 Å². The van der Waals surface area contributed by atoms with Crippen molar-refractivity contribution in [2.45, 2.75) is 45.4 Å². The molecular weight excluding hydrogens is 194 g/mol. The van der Waals surface area contributed by atoms with Crippen molar-refractivity contribution in [3.8, 4) is 6.07 Å². The average Bonchev–Trinajstić information content (AvgIpc) is 2.16. The third-order valence-corrected chi connectivity index (χ3v) is 3.84. The highest BCUT2D eigenvalue weighted by atomic mass is 14.5. The monoisotopic (exact) mass is 213 g/mol. The summed E-state index contributed by atoms with van der Waals surface area (Å²) >= 11 is 0. The van der Waals surface area contributed by atoms with Crippen LogP contribution in [0, 0.1) is 31.1 Å². The molecule has 0 spiro atoms. The van der Waals surface area contributed by atoms with Gasteiger partial charge in [-0.3, -0.25) is 0 Å². The van der Waals surface area contributed by atoms with Gasteiger partial charge in [-0.1, -0.05) is 42.7 Å². The maximum atomic E-state index is 9.44. The van der Waals surface area contributed by atoms with E-state index in [9.17, 15) is 5.26 Å². The predicted molar refractivity (Wildman–Crippen MR) is 66.2 cm³/mol. The molecule has 0 bridgehead atoms. The summed E-state index contributed by atoms with van der Waals surface area (Å²) in [7, 11) is 0. The minimum Gasteiger partial charge on any atom is -0.197 e. The normalized spacial score (nSPS) is 28.2. The highest BCUT2D eigenvalue weighted by Gasteiger charge is 2.45. The summed E-state index contributed by atoms with van der Waals surface area (Å²) in [5, 5.41) is 9.44. The molecule has 0 saturated heterocycles. The molecule has 1 fully saturated rings. The lowest BCUT2D eigenvalue weighted by Crippen LogP contribution is -2.39. The van der Waals surface area contributed by atoms with Crippen molar-refractivity contribution in [1.29, 1.82) is 5.26 Å². The molecule has 0 amide bonds. The molecule has 1 heteroatoms. The molecule has 1 aliphatic carbocycles. The van der Waals surface area contributed by atoms with Gasteiger partial charge < -0.3 is 0 Å². The number of nitrogens with zero attached hydrogens (tertiary/aromatic N) is 1. The first-order chi connectivity index (χ1) is 7.59. The molecule has 0 heterocycles. The maximum absolute atomic E-state index is 9.44. The van der Waals surface area contributed by atoms with E-state index in [4.69, 9.17) is 0 Å². The van der Waals surface area contributed by atoms with Crippen molar-refractivity contribution >= 4 is 0 Å². The molecule has 1 saturated carbocycles. The van der Waals surface area contributed by atoms with Gasteiger partial charge in [0.25, 0.3) is 0 Å². The SMILES string of the molecule is CCC1CC(C#N)(c2cc(C)cc(C)c2)C1. The molecule has 0 unspecified atom stereocenters. The van der Waals surface area contributed by atoms with E-state index in [0.29, 0.717) is 0 Å². The molecule has 84 valence electrons. The molecule has 0 aromatic heterocycles. The van der Waals surface area contributed by atoms with Gasteiger partial charge >= 0.3 is 0 Å². The smallest absolute Gasteiger partial charge is 0.0827 e. The van der Waals surface area contributed by atoms with E-state index in [2.05, 4.69) is 45.0 Å². The van der Waals surface area contributed by atoms with E-state index in [-0.39, 0.29) is 5.41 Å². The highest BCUT2D eigenvalue weighted by Crippen LogP contribution is 2.48. The van der Waals surface area contributed by atoms with Crippen molar-refractivity contribution in [2.24, 2.45) is 5.92 Å². The summed E-state index contributed by atoms with van der Waals surface area (Å²) in [6, 6.07) is 9.09. The second-order valence-corrected chi connectivity index (χ2v) is 5.25. The molecule has 1 nitrogen and oxygen atoms in total. The molecule has 1 aromatic carbocycles. The molecule has 0 N–H and O–H groups in total. The molecule has 0 radical (unpaired) electrons. The van der Waals surface area contributed by atoms with Crippen LogP contribution in [0.4, 0.5) is 0 Å². The molecule has 0 aliphatic heterocycles. The van der Waals surface area contributed by atoms with Crippen LogP contribution in [-0.2, 0) is 5.41 Å². The Morgan fingerprint density at radius 3 is 2.25 bits per heavy atom. The van der Waals surface area contributed by atoms with E-state index < -0.39 is 0 Å². The number of nitriles is 1. The Kier molecular flexibility index (Phi) is 2.76. The first kappa shape index (κ1) is 11.2. The fourth-order valence-electron chi connectivity index (χ4n) is 2.86. The number of aryl methyl sites for hydroxylation is 2. The zero-order chi connectivity index (χ0) is 11.8.